The number of rotatable bonds is 4. The Morgan fingerprint density at radius 1 is 1.48 bits per heavy atom. The SMILES string of the molecule is CCc1cc2c(N(C)CC3CCN(C)C3)nc(Cl)nc2s1. The van der Waals surface area contributed by atoms with Crippen molar-refractivity contribution in [2.45, 2.75) is 19.8 Å². The van der Waals surface area contributed by atoms with Gasteiger partial charge in [-0.05, 0) is 50.0 Å². The van der Waals surface area contributed by atoms with Crippen LogP contribution in [0.1, 0.15) is 18.2 Å². The number of fused-ring (bicyclic) bond motifs is 1. The summed E-state index contributed by atoms with van der Waals surface area (Å²) in [5.41, 5.74) is 0. The van der Waals surface area contributed by atoms with Crippen LogP contribution in [0.2, 0.25) is 5.28 Å². The molecule has 0 spiro atoms. The van der Waals surface area contributed by atoms with Crippen molar-refractivity contribution in [2.75, 3.05) is 38.6 Å². The summed E-state index contributed by atoms with van der Waals surface area (Å²) in [6.45, 7) is 5.54. The molecular weight excluding hydrogens is 304 g/mol. The van der Waals surface area contributed by atoms with Crippen LogP contribution in [0.5, 0.6) is 0 Å². The molecule has 0 saturated carbocycles. The Kier molecular flexibility index (Phi) is 4.33. The topological polar surface area (TPSA) is 32.3 Å². The summed E-state index contributed by atoms with van der Waals surface area (Å²) in [6, 6.07) is 2.21. The van der Waals surface area contributed by atoms with Gasteiger partial charge in [0.1, 0.15) is 10.6 Å². The minimum Gasteiger partial charge on any atom is -0.359 e. The molecule has 1 saturated heterocycles. The number of nitrogens with zero attached hydrogens (tertiary/aromatic N) is 4. The summed E-state index contributed by atoms with van der Waals surface area (Å²) in [7, 11) is 4.30. The first-order valence-corrected chi connectivity index (χ1v) is 8.62. The molecule has 3 rings (SSSR count). The third kappa shape index (κ3) is 3.15. The third-order valence-electron chi connectivity index (χ3n) is 4.13. The monoisotopic (exact) mass is 324 g/mol. The molecule has 4 nitrogen and oxygen atoms in total. The van der Waals surface area contributed by atoms with E-state index in [0.717, 1.165) is 35.5 Å². The van der Waals surface area contributed by atoms with Crippen LogP contribution in [0, 0.1) is 5.92 Å². The van der Waals surface area contributed by atoms with E-state index in [1.165, 1.54) is 17.8 Å². The number of likely N-dealkylation sites (tertiary alicyclic amines) is 1. The maximum atomic E-state index is 6.11. The van der Waals surface area contributed by atoms with Gasteiger partial charge in [-0.25, -0.2) is 4.98 Å². The van der Waals surface area contributed by atoms with Crippen LogP contribution in [0.3, 0.4) is 0 Å². The van der Waals surface area contributed by atoms with E-state index < -0.39 is 0 Å². The van der Waals surface area contributed by atoms with E-state index in [2.05, 4.69) is 46.9 Å². The van der Waals surface area contributed by atoms with Crippen molar-refractivity contribution < 1.29 is 0 Å². The fourth-order valence-corrected chi connectivity index (χ4v) is 4.22. The van der Waals surface area contributed by atoms with Gasteiger partial charge in [0.05, 0.1) is 5.39 Å². The molecule has 2 aromatic heterocycles. The highest BCUT2D eigenvalue weighted by Gasteiger charge is 2.22. The van der Waals surface area contributed by atoms with Gasteiger partial charge in [-0.1, -0.05) is 6.92 Å². The molecule has 3 heterocycles. The molecule has 0 radical (unpaired) electrons. The van der Waals surface area contributed by atoms with E-state index in [0.29, 0.717) is 11.2 Å². The summed E-state index contributed by atoms with van der Waals surface area (Å²) in [5, 5.41) is 1.48. The van der Waals surface area contributed by atoms with E-state index in [4.69, 9.17) is 11.6 Å². The molecule has 1 unspecified atom stereocenters. The molecule has 0 aromatic carbocycles. The Labute approximate surface area is 134 Å². The van der Waals surface area contributed by atoms with Gasteiger partial charge in [0, 0.05) is 25.0 Å². The standard InChI is InChI=1S/C15H21ClN4S/c1-4-11-7-12-13(17-15(16)18-14(12)21-11)20(3)9-10-5-6-19(2)8-10/h7,10H,4-6,8-9H2,1-3H3. The average molecular weight is 325 g/mol. The summed E-state index contributed by atoms with van der Waals surface area (Å²) in [4.78, 5) is 15.8. The molecule has 0 N–H and O–H groups in total. The van der Waals surface area contributed by atoms with Crippen LogP contribution < -0.4 is 4.90 Å². The molecule has 1 fully saturated rings. The largest absolute Gasteiger partial charge is 0.359 e. The van der Waals surface area contributed by atoms with Gasteiger partial charge >= 0.3 is 0 Å². The van der Waals surface area contributed by atoms with Crippen molar-refractivity contribution in [2.24, 2.45) is 5.92 Å². The van der Waals surface area contributed by atoms with Gasteiger partial charge in [-0.3, -0.25) is 0 Å². The third-order valence-corrected chi connectivity index (χ3v) is 5.47. The summed E-state index contributed by atoms with van der Waals surface area (Å²) in [5.74, 6) is 1.67. The normalized spacial score (nSPS) is 19.5. The van der Waals surface area contributed by atoms with Crippen LogP contribution in [0.25, 0.3) is 10.2 Å². The highest BCUT2D eigenvalue weighted by Crippen LogP contribution is 2.32. The molecule has 0 amide bonds. The van der Waals surface area contributed by atoms with Crippen LogP contribution in [0.4, 0.5) is 5.82 Å². The second-order valence-electron chi connectivity index (χ2n) is 5.90. The van der Waals surface area contributed by atoms with Crippen molar-refractivity contribution >= 4 is 39.0 Å². The van der Waals surface area contributed by atoms with Crippen LogP contribution in [0.15, 0.2) is 6.07 Å². The summed E-state index contributed by atoms with van der Waals surface area (Å²) >= 11 is 7.83. The first-order valence-electron chi connectivity index (χ1n) is 7.42. The lowest BCUT2D eigenvalue weighted by atomic mass is 10.1. The van der Waals surface area contributed by atoms with Crippen molar-refractivity contribution in [1.29, 1.82) is 0 Å². The van der Waals surface area contributed by atoms with Gasteiger partial charge in [0.25, 0.3) is 0 Å². The van der Waals surface area contributed by atoms with E-state index in [-0.39, 0.29) is 0 Å². The highest BCUT2D eigenvalue weighted by atomic mass is 35.5. The Morgan fingerprint density at radius 2 is 2.29 bits per heavy atom. The maximum Gasteiger partial charge on any atom is 0.225 e. The number of anilines is 1. The number of halogens is 1. The predicted molar refractivity (Wildman–Crippen MR) is 90.7 cm³/mol. The lowest BCUT2D eigenvalue weighted by Gasteiger charge is -2.22. The molecule has 0 aliphatic carbocycles. The molecule has 6 heteroatoms. The van der Waals surface area contributed by atoms with Crippen LogP contribution in [-0.4, -0.2) is 48.6 Å². The quantitative estimate of drug-likeness (QED) is 0.808. The Hall–Kier alpha value is -0.910. The number of hydrogen-bond donors (Lipinski definition) is 0. The summed E-state index contributed by atoms with van der Waals surface area (Å²) in [6.07, 6.45) is 2.28. The molecule has 114 valence electrons. The van der Waals surface area contributed by atoms with Crippen molar-refractivity contribution in [3.05, 3.63) is 16.2 Å². The lowest BCUT2D eigenvalue weighted by Crippen LogP contribution is -2.28. The molecule has 2 aromatic rings. The molecule has 0 bridgehead atoms. The first kappa shape index (κ1) is 15.0. The number of hydrogen-bond acceptors (Lipinski definition) is 5. The van der Waals surface area contributed by atoms with E-state index in [1.54, 1.807) is 11.3 Å². The molecule has 21 heavy (non-hydrogen) atoms. The zero-order valence-electron chi connectivity index (χ0n) is 12.8. The van der Waals surface area contributed by atoms with Crippen LogP contribution >= 0.6 is 22.9 Å². The van der Waals surface area contributed by atoms with E-state index >= 15 is 0 Å². The fourth-order valence-electron chi connectivity index (χ4n) is 3.05. The van der Waals surface area contributed by atoms with Crippen molar-refractivity contribution in [3.8, 4) is 0 Å². The molecule has 1 aliphatic heterocycles. The average Bonchev–Trinajstić information content (AvgIpc) is 3.03. The lowest BCUT2D eigenvalue weighted by molar-refractivity contribution is 0.395. The van der Waals surface area contributed by atoms with E-state index in [1.807, 2.05) is 0 Å². The first-order chi connectivity index (χ1) is 10.1. The van der Waals surface area contributed by atoms with Gasteiger partial charge in [0.2, 0.25) is 5.28 Å². The zero-order valence-corrected chi connectivity index (χ0v) is 14.3. The second kappa shape index (κ2) is 6.07. The van der Waals surface area contributed by atoms with Gasteiger partial charge in [-0.2, -0.15) is 4.98 Å². The molecule has 1 atom stereocenters. The summed E-state index contributed by atoms with van der Waals surface area (Å²) < 4.78 is 0. The molecule has 1 aliphatic rings. The smallest absolute Gasteiger partial charge is 0.225 e. The zero-order chi connectivity index (χ0) is 15.0. The fraction of sp³-hybridized carbons (Fsp3) is 0.600. The second-order valence-corrected chi connectivity index (χ2v) is 7.35. The van der Waals surface area contributed by atoms with Gasteiger partial charge in [-0.15, -0.1) is 11.3 Å². The number of thiophene rings is 1. The van der Waals surface area contributed by atoms with Crippen LogP contribution in [-0.2, 0) is 6.42 Å². The highest BCUT2D eigenvalue weighted by molar-refractivity contribution is 7.18. The van der Waals surface area contributed by atoms with Gasteiger partial charge in [0.15, 0.2) is 0 Å². The van der Waals surface area contributed by atoms with Crippen molar-refractivity contribution in [3.63, 3.8) is 0 Å². The predicted octanol–water partition coefficient (Wildman–Crippen LogP) is 3.30. The van der Waals surface area contributed by atoms with Crippen molar-refractivity contribution in [1.82, 2.24) is 14.9 Å². The molecular formula is C15H21ClN4S. The number of aryl methyl sites for hydroxylation is 1. The van der Waals surface area contributed by atoms with Gasteiger partial charge < -0.3 is 9.80 Å². The Balaban J connectivity index is 1.89. The Morgan fingerprint density at radius 3 is 2.95 bits per heavy atom. The minimum atomic E-state index is 0.345. The maximum absolute atomic E-state index is 6.11. The van der Waals surface area contributed by atoms with E-state index in [9.17, 15) is 0 Å². The Bertz CT molecular complexity index is 642. The number of aromatic nitrogens is 2. The minimum absolute atomic E-state index is 0.345.